The molecule has 2 rings (SSSR count). The van der Waals surface area contributed by atoms with Crippen LogP contribution in [0.25, 0.3) is 0 Å². The van der Waals surface area contributed by atoms with Gasteiger partial charge in [-0.05, 0) is 49.6 Å². The molecular weight excluding hydrogens is 344 g/mol. The van der Waals surface area contributed by atoms with Gasteiger partial charge in [0, 0.05) is 19.3 Å². The van der Waals surface area contributed by atoms with E-state index in [9.17, 15) is 9.59 Å². The highest BCUT2D eigenvalue weighted by molar-refractivity contribution is 8.00. The highest BCUT2D eigenvalue weighted by atomic mass is 32.2. The Hall–Kier alpha value is -2.27. The Bertz CT molecular complexity index is 789. The SMILES string of the molecule is Cc1cccc(NC(=O)CSCC(=O)N(C)Cc2ccc(C)cc2C)c1. The van der Waals surface area contributed by atoms with Crippen LogP contribution in [-0.4, -0.2) is 35.3 Å². The van der Waals surface area contributed by atoms with E-state index in [-0.39, 0.29) is 17.6 Å². The summed E-state index contributed by atoms with van der Waals surface area (Å²) in [5.41, 5.74) is 5.44. The summed E-state index contributed by atoms with van der Waals surface area (Å²) in [5, 5.41) is 2.85. The molecule has 2 aromatic rings. The van der Waals surface area contributed by atoms with Crippen molar-refractivity contribution in [3.63, 3.8) is 0 Å². The Labute approximate surface area is 160 Å². The molecule has 2 aromatic carbocycles. The maximum absolute atomic E-state index is 12.3. The monoisotopic (exact) mass is 370 g/mol. The number of nitrogens with zero attached hydrogens (tertiary/aromatic N) is 1. The van der Waals surface area contributed by atoms with Gasteiger partial charge in [0.25, 0.3) is 0 Å². The number of hydrogen-bond donors (Lipinski definition) is 1. The summed E-state index contributed by atoms with van der Waals surface area (Å²) in [4.78, 5) is 26.0. The topological polar surface area (TPSA) is 49.4 Å². The fraction of sp³-hybridized carbons (Fsp3) is 0.333. The lowest BCUT2D eigenvalue weighted by atomic mass is 10.1. The molecule has 0 unspecified atom stereocenters. The van der Waals surface area contributed by atoms with Gasteiger partial charge in [0.05, 0.1) is 11.5 Å². The van der Waals surface area contributed by atoms with Crippen LogP contribution in [0.3, 0.4) is 0 Å². The summed E-state index contributed by atoms with van der Waals surface area (Å²) >= 11 is 1.34. The second-order valence-electron chi connectivity index (χ2n) is 6.59. The van der Waals surface area contributed by atoms with Crippen molar-refractivity contribution in [2.75, 3.05) is 23.9 Å². The number of amides is 2. The van der Waals surface area contributed by atoms with Crippen molar-refractivity contribution >= 4 is 29.3 Å². The van der Waals surface area contributed by atoms with Crippen molar-refractivity contribution in [1.82, 2.24) is 4.90 Å². The quantitative estimate of drug-likeness (QED) is 0.803. The molecule has 0 heterocycles. The normalized spacial score (nSPS) is 10.5. The zero-order chi connectivity index (χ0) is 19.1. The summed E-state index contributed by atoms with van der Waals surface area (Å²) in [6.45, 7) is 6.69. The summed E-state index contributed by atoms with van der Waals surface area (Å²) < 4.78 is 0. The first kappa shape index (κ1) is 20.0. The Balaban J connectivity index is 1.76. The van der Waals surface area contributed by atoms with Gasteiger partial charge in [-0.2, -0.15) is 0 Å². The number of carbonyl (C=O) groups is 2. The largest absolute Gasteiger partial charge is 0.341 e. The van der Waals surface area contributed by atoms with Crippen molar-refractivity contribution in [3.05, 3.63) is 64.7 Å². The molecule has 0 saturated heterocycles. The van der Waals surface area contributed by atoms with E-state index < -0.39 is 0 Å². The van der Waals surface area contributed by atoms with Gasteiger partial charge in [-0.25, -0.2) is 0 Å². The molecule has 0 fully saturated rings. The lowest BCUT2D eigenvalue weighted by molar-refractivity contribution is -0.127. The van der Waals surface area contributed by atoms with E-state index in [0.717, 1.165) is 16.8 Å². The number of aryl methyl sites for hydroxylation is 3. The molecule has 2 amide bonds. The molecule has 138 valence electrons. The molecule has 26 heavy (non-hydrogen) atoms. The third-order valence-electron chi connectivity index (χ3n) is 4.09. The highest BCUT2D eigenvalue weighted by Gasteiger charge is 2.12. The van der Waals surface area contributed by atoms with Crippen LogP contribution in [0.1, 0.15) is 22.3 Å². The molecular formula is C21H26N2O2S. The van der Waals surface area contributed by atoms with Crippen LogP contribution in [-0.2, 0) is 16.1 Å². The first-order valence-corrected chi connectivity index (χ1v) is 9.75. The number of hydrogen-bond acceptors (Lipinski definition) is 3. The Kier molecular flexibility index (Phi) is 7.27. The zero-order valence-corrected chi connectivity index (χ0v) is 16.7. The van der Waals surface area contributed by atoms with Crippen molar-refractivity contribution in [1.29, 1.82) is 0 Å². The molecule has 4 nitrogen and oxygen atoms in total. The Morgan fingerprint density at radius 2 is 1.73 bits per heavy atom. The molecule has 0 radical (unpaired) electrons. The maximum atomic E-state index is 12.3. The lowest BCUT2D eigenvalue weighted by Gasteiger charge is -2.18. The highest BCUT2D eigenvalue weighted by Crippen LogP contribution is 2.14. The second kappa shape index (κ2) is 9.43. The zero-order valence-electron chi connectivity index (χ0n) is 15.8. The third-order valence-corrected chi connectivity index (χ3v) is 5.01. The van der Waals surface area contributed by atoms with Crippen molar-refractivity contribution in [3.8, 4) is 0 Å². The molecule has 0 aliphatic rings. The Morgan fingerprint density at radius 1 is 1.00 bits per heavy atom. The van der Waals surface area contributed by atoms with Gasteiger partial charge in [0.15, 0.2) is 0 Å². The van der Waals surface area contributed by atoms with Crippen molar-refractivity contribution < 1.29 is 9.59 Å². The van der Waals surface area contributed by atoms with E-state index in [1.807, 2.05) is 31.2 Å². The van der Waals surface area contributed by atoms with Gasteiger partial charge < -0.3 is 10.2 Å². The van der Waals surface area contributed by atoms with E-state index in [0.29, 0.717) is 12.3 Å². The van der Waals surface area contributed by atoms with Gasteiger partial charge in [-0.3, -0.25) is 9.59 Å². The number of anilines is 1. The van der Waals surface area contributed by atoms with E-state index in [4.69, 9.17) is 0 Å². The van der Waals surface area contributed by atoms with E-state index >= 15 is 0 Å². The molecule has 0 atom stereocenters. The number of thioether (sulfide) groups is 1. The second-order valence-corrected chi connectivity index (χ2v) is 7.58. The molecule has 0 saturated carbocycles. The van der Waals surface area contributed by atoms with E-state index in [1.54, 1.807) is 11.9 Å². The molecule has 0 aliphatic heterocycles. The van der Waals surface area contributed by atoms with Gasteiger partial charge in [-0.15, -0.1) is 11.8 Å². The fourth-order valence-electron chi connectivity index (χ4n) is 2.63. The summed E-state index contributed by atoms with van der Waals surface area (Å²) in [5.74, 6) is 0.489. The minimum absolute atomic E-state index is 0.0262. The smallest absolute Gasteiger partial charge is 0.234 e. The van der Waals surface area contributed by atoms with Gasteiger partial charge in [0.1, 0.15) is 0 Å². The van der Waals surface area contributed by atoms with Crippen molar-refractivity contribution in [2.45, 2.75) is 27.3 Å². The van der Waals surface area contributed by atoms with E-state index in [1.165, 1.54) is 22.9 Å². The minimum atomic E-state index is -0.0922. The molecule has 0 bridgehead atoms. The number of benzene rings is 2. The first-order valence-electron chi connectivity index (χ1n) is 8.59. The summed E-state index contributed by atoms with van der Waals surface area (Å²) in [6.07, 6.45) is 0. The van der Waals surface area contributed by atoms with Crippen LogP contribution >= 0.6 is 11.8 Å². The number of rotatable bonds is 7. The summed E-state index contributed by atoms with van der Waals surface area (Å²) in [6, 6.07) is 13.9. The Morgan fingerprint density at radius 3 is 2.42 bits per heavy atom. The fourth-order valence-corrected chi connectivity index (χ4v) is 3.38. The predicted octanol–water partition coefficient (Wildman–Crippen LogP) is 3.94. The van der Waals surface area contributed by atoms with Gasteiger partial charge in [-0.1, -0.05) is 35.9 Å². The molecule has 5 heteroatoms. The number of nitrogens with one attached hydrogen (secondary N) is 1. The molecule has 0 spiro atoms. The van der Waals surface area contributed by atoms with Crippen LogP contribution < -0.4 is 5.32 Å². The minimum Gasteiger partial charge on any atom is -0.341 e. The van der Waals surface area contributed by atoms with Crippen LogP contribution in [0.4, 0.5) is 5.69 Å². The van der Waals surface area contributed by atoms with Crippen LogP contribution in [0.2, 0.25) is 0 Å². The first-order chi connectivity index (χ1) is 12.3. The van der Waals surface area contributed by atoms with Gasteiger partial charge >= 0.3 is 0 Å². The predicted molar refractivity (Wildman–Crippen MR) is 110 cm³/mol. The standard InChI is InChI=1S/C21H26N2O2S/c1-15-6-5-7-19(11-15)22-20(24)13-26-14-21(25)23(4)12-18-9-8-16(2)10-17(18)3/h5-11H,12-14H2,1-4H3,(H,22,24). The maximum Gasteiger partial charge on any atom is 0.234 e. The van der Waals surface area contributed by atoms with Crippen LogP contribution in [0.15, 0.2) is 42.5 Å². The van der Waals surface area contributed by atoms with Crippen molar-refractivity contribution in [2.24, 2.45) is 0 Å². The molecule has 0 aliphatic carbocycles. The van der Waals surface area contributed by atoms with Crippen LogP contribution in [0, 0.1) is 20.8 Å². The van der Waals surface area contributed by atoms with Crippen LogP contribution in [0.5, 0.6) is 0 Å². The third kappa shape index (κ3) is 6.23. The molecule has 0 aromatic heterocycles. The number of carbonyl (C=O) groups excluding carboxylic acids is 2. The summed E-state index contributed by atoms with van der Waals surface area (Å²) in [7, 11) is 1.80. The van der Waals surface area contributed by atoms with Gasteiger partial charge in [0.2, 0.25) is 11.8 Å². The average Bonchev–Trinajstić information content (AvgIpc) is 2.57. The van der Waals surface area contributed by atoms with E-state index in [2.05, 4.69) is 37.4 Å². The lowest BCUT2D eigenvalue weighted by Crippen LogP contribution is -2.28. The molecule has 1 N–H and O–H groups in total. The average molecular weight is 371 g/mol.